The summed E-state index contributed by atoms with van der Waals surface area (Å²) < 4.78 is 16.8. The minimum absolute atomic E-state index is 0.186. The smallest absolute Gasteiger partial charge is 0.217 e. The number of carbonyl (C=O) groups is 1. The molecule has 1 amide bonds. The van der Waals surface area contributed by atoms with Crippen LogP contribution in [0.3, 0.4) is 0 Å². The highest BCUT2D eigenvalue weighted by atomic mass is 16.7. The third-order valence-electron chi connectivity index (χ3n) is 3.83. The zero-order valence-electron chi connectivity index (χ0n) is 12.1. The van der Waals surface area contributed by atoms with E-state index in [-0.39, 0.29) is 12.5 Å². The Kier molecular flexibility index (Phi) is 4.42. The number of ether oxygens (including phenoxy) is 3. The Morgan fingerprint density at radius 1 is 1.23 bits per heavy atom. The van der Waals surface area contributed by atoms with Crippen LogP contribution in [0.5, 0.6) is 0 Å². The maximum atomic E-state index is 11.2. The molecule has 7 nitrogen and oxygen atoms in total. The molecule has 120 valence electrons. The summed E-state index contributed by atoms with van der Waals surface area (Å²) in [5.74, 6) is -0.364. The van der Waals surface area contributed by atoms with Gasteiger partial charge in [-0.3, -0.25) is 4.79 Å². The van der Waals surface area contributed by atoms with Crippen LogP contribution in [0.1, 0.15) is 18.8 Å². The zero-order valence-corrected chi connectivity index (χ0v) is 12.1. The van der Waals surface area contributed by atoms with Crippen LogP contribution in [0, 0.1) is 0 Å². The number of nitrogens with one attached hydrogen (secondary N) is 1. The summed E-state index contributed by atoms with van der Waals surface area (Å²) in [6, 6.07) is 8.41. The fourth-order valence-electron chi connectivity index (χ4n) is 2.78. The molecule has 2 fully saturated rings. The Balaban J connectivity index is 1.75. The molecule has 2 saturated heterocycles. The van der Waals surface area contributed by atoms with Gasteiger partial charge in [0, 0.05) is 12.5 Å². The number of aliphatic hydroxyl groups excluding tert-OH is 2. The molecular weight excluding hydrogens is 290 g/mol. The van der Waals surface area contributed by atoms with Crippen molar-refractivity contribution in [2.75, 3.05) is 6.61 Å². The standard InChI is InChI=1S/C15H19NO6/c1-8(17)16-11-12(18)13-10(21-14(11)19)7-20-15(22-13)9-5-3-2-4-6-9/h2-6,10-15,18-19H,7H2,1H3,(H,16,17)/t10-,11+,12+,13-,14+,15+/m0/s1. The van der Waals surface area contributed by atoms with Crippen LogP contribution in [-0.2, 0) is 19.0 Å². The van der Waals surface area contributed by atoms with Crippen molar-refractivity contribution in [1.82, 2.24) is 5.32 Å². The van der Waals surface area contributed by atoms with Crippen LogP contribution >= 0.6 is 0 Å². The van der Waals surface area contributed by atoms with Crippen molar-refractivity contribution in [1.29, 1.82) is 0 Å². The van der Waals surface area contributed by atoms with Gasteiger partial charge in [-0.15, -0.1) is 0 Å². The Labute approximate surface area is 127 Å². The first-order chi connectivity index (χ1) is 10.6. The van der Waals surface area contributed by atoms with Gasteiger partial charge < -0.3 is 29.7 Å². The lowest BCUT2D eigenvalue weighted by Crippen LogP contribution is -2.66. The van der Waals surface area contributed by atoms with E-state index in [1.807, 2.05) is 30.3 Å². The Hall–Kier alpha value is -1.51. The number of hydrogen-bond acceptors (Lipinski definition) is 6. The molecule has 0 aromatic heterocycles. The molecule has 2 aliphatic heterocycles. The topological polar surface area (TPSA) is 97.3 Å². The average Bonchev–Trinajstić information content (AvgIpc) is 2.52. The quantitative estimate of drug-likeness (QED) is 0.693. The molecular formula is C15H19NO6. The highest BCUT2D eigenvalue weighted by Gasteiger charge is 2.49. The minimum Gasteiger partial charge on any atom is -0.388 e. The van der Waals surface area contributed by atoms with E-state index in [9.17, 15) is 15.0 Å². The second kappa shape index (κ2) is 6.31. The van der Waals surface area contributed by atoms with Crippen LogP contribution in [-0.4, -0.2) is 53.4 Å². The van der Waals surface area contributed by atoms with Crippen LogP contribution < -0.4 is 5.32 Å². The maximum absolute atomic E-state index is 11.2. The van der Waals surface area contributed by atoms with Crippen molar-refractivity contribution in [2.24, 2.45) is 0 Å². The maximum Gasteiger partial charge on any atom is 0.217 e. The van der Waals surface area contributed by atoms with Gasteiger partial charge in [-0.05, 0) is 0 Å². The van der Waals surface area contributed by atoms with E-state index in [0.29, 0.717) is 0 Å². The van der Waals surface area contributed by atoms with Crippen LogP contribution in [0.25, 0.3) is 0 Å². The predicted octanol–water partition coefficient (Wildman–Crippen LogP) is -0.317. The third kappa shape index (κ3) is 2.99. The van der Waals surface area contributed by atoms with Crippen molar-refractivity contribution >= 4 is 5.91 Å². The van der Waals surface area contributed by atoms with E-state index in [1.54, 1.807) is 0 Å². The lowest BCUT2D eigenvalue weighted by Gasteiger charge is -2.46. The molecule has 6 atom stereocenters. The molecule has 1 aromatic rings. The first kappa shape index (κ1) is 15.4. The van der Waals surface area contributed by atoms with Crippen molar-refractivity contribution in [2.45, 2.75) is 43.9 Å². The fourth-order valence-corrected chi connectivity index (χ4v) is 2.78. The zero-order chi connectivity index (χ0) is 15.7. The average molecular weight is 309 g/mol. The van der Waals surface area contributed by atoms with E-state index >= 15 is 0 Å². The molecule has 7 heteroatoms. The first-order valence-electron chi connectivity index (χ1n) is 7.17. The number of amides is 1. The molecule has 0 bridgehead atoms. The predicted molar refractivity (Wildman–Crippen MR) is 74.5 cm³/mol. The molecule has 0 radical (unpaired) electrons. The summed E-state index contributed by atoms with van der Waals surface area (Å²) in [7, 11) is 0. The van der Waals surface area contributed by atoms with E-state index < -0.39 is 36.9 Å². The van der Waals surface area contributed by atoms with Gasteiger partial charge in [0.2, 0.25) is 5.91 Å². The summed E-state index contributed by atoms with van der Waals surface area (Å²) >= 11 is 0. The summed E-state index contributed by atoms with van der Waals surface area (Å²) in [5.41, 5.74) is 0.829. The highest BCUT2D eigenvalue weighted by molar-refractivity contribution is 5.73. The van der Waals surface area contributed by atoms with Crippen molar-refractivity contribution in [3.63, 3.8) is 0 Å². The monoisotopic (exact) mass is 309 g/mol. The molecule has 3 rings (SSSR count). The molecule has 0 aliphatic carbocycles. The number of rotatable bonds is 2. The van der Waals surface area contributed by atoms with Crippen LogP contribution in [0.2, 0.25) is 0 Å². The SMILES string of the molecule is CC(=O)N[C@@H]1[C@@H](O)[C@H]2O[C@H](c3ccccc3)OC[C@@H]2O[C@H]1O. The van der Waals surface area contributed by atoms with Gasteiger partial charge in [0.05, 0.1) is 6.61 Å². The normalized spacial score (nSPS) is 38.1. The van der Waals surface area contributed by atoms with E-state index in [0.717, 1.165) is 5.56 Å². The van der Waals surface area contributed by atoms with E-state index in [4.69, 9.17) is 14.2 Å². The minimum atomic E-state index is -1.30. The van der Waals surface area contributed by atoms with E-state index in [1.165, 1.54) is 6.92 Å². The lowest BCUT2D eigenvalue weighted by atomic mass is 9.96. The van der Waals surface area contributed by atoms with Gasteiger partial charge in [0.1, 0.15) is 24.4 Å². The Morgan fingerprint density at radius 2 is 1.95 bits per heavy atom. The second-order valence-corrected chi connectivity index (χ2v) is 5.46. The summed E-state index contributed by atoms with van der Waals surface area (Å²) in [4.78, 5) is 11.2. The molecule has 0 unspecified atom stereocenters. The molecule has 0 saturated carbocycles. The van der Waals surface area contributed by atoms with Crippen LogP contribution in [0.4, 0.5) is 0 Å². The first-order valence-corrected chi connectivity index (χ1v) is 7.17. The molecule has 2 heterocycles. The van der Waals surface area contributed by atoms with Gasteiger partial charge in [-0.2, -0.15) is 0 Å². The van der Waals surface area contributed by atoms with Gasteiger partial charge in [0.15, 0.2) is 12.6 Å². The number of carbonyl (C=O) groups excluding carboxylic acids is 1. The third-order valence-corrected chi connectivity index (χ3v) is 3.83. The van der Waals surface area contributed by atoms with Gasteiger partial charge in [0.25, 0.3) is 0 Å². The van der Waals surface area contributed by atoms with Gasteiger partial charge in [-0.25, -0.2) is 0 Å². The second-order valence-electron chi connectivity index (χ2n) is 5.46. The fraction of sp³-hybridized carbons (Fsp3) is 0.533. The Bertz CT molecular complexity index is 524. The van der Waals surface area contributed by atoms with Crippen molar-refractivity contribution < 1.29 is 29.2 Å². The van der Waals surface area contributed by atoms with E-state index in [2.05, 4.69) is 5.32 Å². The highest BCUT2D eigenvalue weighted by Crippen LogP contribution is 2.33. The number of aliphatic hydroxyl groups is 2. The van der Waals surface area contributed by atoms with Gasteiger partial charge >= 0.3 is 0 Å². The van der Waals surface area contributed by atoms with Gasteiger partial charge in [-0.1, -0.05) is 30.3 Å². The largest absolute Gasteiger partial charge is 0.388 e. The summed E-state index contributed by atoms with van der Waals surface area (Å²) in [6.07, 6.45) is -4.29. The number of hydrogen-bond donors (Lipinski definition) is 3. The molecule has 2 aliphatic rings. The molecule has 0 spiro atoms. The molecule has 22 heavy (non-hydrogen) atoms. The number of benzene rings is 1. The Morgan fingerprint density at radius 3 is 2.64 bits per heavy atom. The summed E-state index contributed by atoms with van der Waals surface area (Å²) in [5, 5.41) is 22.8. The lowest BCUT2D eigenvalue weighted by molar-refractivity contribution is -0.337. The molecule has 3 N–H and O–H groups in total. The van der Waals surface area contributed by atoms with Crippen LogP contribution in [0.15, 0.2) is 30.3 Å². The number of fused-ring (bicyclic) bond motifs is 1. The van der Waals surface area contributed by atoms with Crippen molar-refractivity contribution in [3.8, 4) is 0 Å². The molecule has 1 aromatic carbocycles. The summed E-state index contributed by atoms with van der Waals surface area (Å²) in [6.45, 7) is 1.49. The van der Waals surface area contributed by atoms with Crippen molar-refractivity contribution in [3.05, 3.63) is 35.9 Å².